The third-order valence-electron chi connectivity index (χ3n) is 1.70. The second-order valence-electron chi connectivity index (χ2n) is 2.91. The summed E-state index contributed by atoms with van der Waals surface area (Å²) in [6.07, 6.45) is 1.14. The summed E-state index contributed by atoms with van der Waals surface area (Å²) < 4.78 is 0. The molecule has 5 nitrogen and oxygen atoms in total. The molecule has 5 heteroatoms. The zero-order valence-corrected chi connectivity index (χ0v) is 7.78. The van der Waals surface area contributed by atoms with E-state index < -0.39 is 24.0 Å². The van der Waals surface area contributed by atoms with Crippen molar-refractivity contribution in [1.82, 2.24) is 5.32 Å². The molecular formula is C8H15NO4. The number of rotatable bonds is 6. The van der Waals surface area contributed by atoms with Gasteiger partial charge in [-0.15, -0.1) is 0 Å². The third-order valence-corrected chi connectivity index (χ3v) is 1.70. The highest BCUT2D eigenvalue weighted by molar-refractivity contribution is 5.77. The molecule has 13 heavy (non-hydrogen) atoms. The van der Waals surface area contributed by atoms with Crippen LogP contribution in [-0.2, 0) is 9.59 Å². The van der Waals surface area contributed by atoms with Crippen molar-refractivity contribution >= 4 is 11.9 Å². The van der Waals surface area contributed by atoms with Crippen LogP contribution in [0.1, 0.15) is 26.7 Å². The minimum atomic E-state index is -1.04. The van der Waals surface area contributed by atoms with Crippen LogP contribution < -0.4 is 5.32 Å². The van der Waals surface area contributed by atoms with Crippen LogP contribution in [0.5, 0.6) is 0 Å². The van der Waals surface area contributed by atoms with Crippen molar-refractivity contribution in [3.05, 3.63) is 0 Å². The lowest BCUT2D eigenvalue weighted by molar-refractivity contribution is -0.142. The number of carboxylic acid groups (broad SMARTS) is 2. The van der Waals surface area contributed by atoms with Crippen LogP contribution in [0.3, 0.4) is 0 Å². The Bertz CT molecular complexity index is 193. The molecule has 3 N–H and O–H groups in total. The van der Waals surface area contributed by atoms with Crippen molar-refractivity contribution in [3.8, 4) is 0 Å². The Kier molecular flexibility index (Phi) is 5.06. The summed E-state index contributed by atoms with van der Waals surface area (Å²) in [4.78, 5) is 21.0. The minimum Gasteiger partial charge on any atom is -0.480 e. The summed E-state index contributed by atoms with van der Waals surface area (Å²) in [5, 5.41) is 19.7. The molecular weight excluding hydrogens is 174 g/mol. The van der Waals surface area contributed by atoms with Crippen molar-refractivity contribution in [3.63, 3.8) is 0 Å². The Balaban J connectivity index is 4.09. The molecule has 76 valence electrons. The Morgan fingerprint density at radius 1 is 1.31 bits per heavy atom. The lowest BCUT2D eigenvalue weighted by Gasteiger charge is -2.16. The van der Waals surface area contributed by atoms with Gasteiger partial charge in [-0.3, -0.25) is 14.9 Å². The van der Waals surface area contributed by atoms with Gasteiger partial charge in [-0.25, -0.2) is 0 Å². The maximum Gasteiger partial charge on any atom is 0.320 e. The van der Waals surface area contributed by atoms with E-state index >= 15 is 0 Å². The van der Waals surface area contributed by atoms with Gasteiger partial charge in [0.05, 0.1) is 0 Å². The molecule has 0 spiro atoms. The fourth-order valence-corrected chi connectivity index (χ4v) is 0.940. The average molecular weight is 189 g/mol. The molecule has 0 aliphatic rings. The smallest absolute Gasteiger partial charge is 0.320 e. The lowest BCUT2D eigenvalue weighted by atomic mass is 10.1. The first-order chi connectivity index (χ1) is 5.99. The molecule has 0 amide bonds. The van der Waals surface area contributed by atoms with Crippen molar-refractivity contribution in [2.45, 2.75) is 38.8 Å². The summed E-state index contributed by atoms with van der Waals surface area (Å²) in [6, 6.07) is -1.59. The summed E-state index contributed by atoms with van der Waals surface area (Å²) in [6.45, 7) is 3.27. The molecule has 0 aromatic heterocycles. The number of hydrogen-bond acceptors (Lipinski definition) is 3. The maximum atomic E-state index is 10.6. The molecule has 2 atom stereocenters. The van der Waals surface area contributed by atoms with E-state index in [1.54, 1.807) is 0 Å². The number of nitrogens with one attached hydrogen (secondary N) is 1. The van der Waals surface area contributed by atoms with Crippen LogP contribution in [0, 0.1) is 0 Å². The first-order valence-corrected chi connectivity index (χ1v) is 4.20. The second-order valence-corrected chi connectivity index (χ2v) is 2.91. The number of carbonyl (C=O) groups is 2. The van der Waals surface area contributed by atoms with Gasteiger partial charge < -0.3 is 10.2 Å². The van der Waals surface area contributed by atoms with Gasteiger partial charge in [0.1, 0.15) is 12.1 Å². The Hall–Kier alpha value is -1.10. The quantitative estimate of drug-likeness (QED) is 0.559. The first-order valence-electron chi connectivity index (χ1n) is 4.20. The zero-order valence-electron chi connectivity index (χ0n) is 7.78. The van der Waals surface area contributed by atoms with E-state index in [0.29, 0.717) is 12.8 Å². The topological polar surface area (TPSA) is 86.6 Å². The van der Waals surface area contributed by atoms with E-state index in [1.165, 1.54) is 6.92 Å². The van der Waals surface area contributed by atoms with Gasteiger partial charge >= 0.3 is 11.9 Å². The highest BCUT2D eigenvalue weighted by Gasteiger charge is 2.21. The largest absolute Gasteiger partial charge is 0.480 e. The van der Waals surface area contributed by atoms with Crippen molar-refractivity contribution in [2.24, 2.45) is 0 Å². The van der Waals surface area contributed by atoms with Crippen LogP contribution in [0.4, 0.5) is 0 Å². The van der Waals surface area contributed by atoms with Gasteiger partial charge in [-0.05, 0) is 13.3 Å². The predicted octanol–water partition coefficient (Wildman–Crippen LogP) is 0.302. The predicted molar refractivity (Wildman–Crippen MR) is 46.6 cm³/mol. The molecule has 0 heterocycles. The fraction of sp³-hybridized carbons (Fsp3) is 0.750. The van der Waals surface area contributed by atoms with Gasteiger partial charge in [-0.1, -0.05) is 13.3 Å². The molecule has 0 radical (unpaired) electrons. The summed E-state index contributed by atoms with van der Waals surface area (Å²) in [5.74, 6) is -2.04. The van der Waals surface area contributed by atoms with E-state index in [1.807, 2.05) is 6.92 Å². The van der Waals surface area contributed by atoms with Crippen LogP contribution in [0.15, 0.2) is 0 Å². The van der Waals surface area contributed by atoms with Crippen molar-refractivity contribution in [2.75, 3.05) is 0 Å². The third kappa shape index (κ3) is 4.47. The van der Waals surface area contributed by atoms with Crippen molar-refractivity contribution in [1.29, 1.82) is 0 Å². The van der Waals surface area contributed by atoms with Gasteiger partial charge in [-0.2, -0.15) is 0 Å². The van der Waals surface area contributed by atoms with Gasteiger partial charge in [0, 0.05) is 0 Å². The van der Waals surface area contributed by atoms with Crippen LogP contribution >= 0.6 is 0 Å². The highest BCUT2D eigenvalue weighted by atomic mass is 16.4. The molecule has 0 fully saturated rings. The molecule has 2 unspecified atom stereocenters. The Morgan fingerprint density at radius 2 is 1.85 bits per heavy atom. The maximum absolute atomic E-state index is 10.6. The number of carboxylic acids is 2. The van der Waals surface area contributed by atoms with E-state index in [0.717, 1.165) is 0 Å². The molecule has 0 rings (SSSR count). The van der Waals surface area contributed by atoms with Crippen molar-refractivity contribution < 1.29 is 19.8 Å². The van der Waals surface area contributed by atoms with Crippen LogP contribution in [0.2, 0.25) is 0 Å². The summed E-state index contributed by atoms with van der Waals surface area (Å²) in [5.41, 5.74) is 0. The van der Waals surface area contributed by atoms with Gasteiger partial charge in [0.15, 0.2) is 0 Å². The van der Waals surface area contributed by atoms with E-state index in [4.69, 9.17) is 10.2 Å². The van der Waals surface area contributed by atoms with Crippen LogP contribution in [-0.4, -0.2) is 34.2 Å². The van der Waals surface area contributed by atoms with Gasteiger partial charge in [0.25, 0.3) is 0 Å². The normalized spacial score (nSPS) is 14.9. The Labute approximate surface area is 76.8 Å². The molecule has 0 aliphatic carbocycles. The lowest BCUT2D eigenvalue weighted by Crippen LogP contribution is -2.45. The zero-order chi connectivity index (χ0) is 10.4. The average Bonchev–Trinajstić information content (AvgIpc) is 2.03. The summed E-state index contributed by atoms with van der Waals surface area (Å²) >= 11 is 0. The molecule has 0 aromatic carbocycles. The highest BCUT2D eigenvalue weighted by Crippen LogP contribution is 1.98. The number of hydrogen-bond donors (Lipinski definition) is 3. The first kappa shape index (κ1) is 11.9. The summed E-state index contributed by atoms with van der Waals surface area (Å²) in [7, 11) is 0. The second kappa shape index (κ2) is 5.53. The van der Waals surface area contributed by atoms with Gasteiger partial charge in [0.2, 0.25) is 0 Å². The monoisotopic (exact) mass is 189 g/mol. The molecule has 0 aliphatic heterocycles. The van der Waals surface area contributed by atoms with E-state index in [-0.39, 0.29) is 0 Å². The van der Waals surface area contributed by atoms with Crippen LogP contribution in [0.25, 0.3) is 0 Å². The minimum absolute atomic E-state index is 0.437. The SMILES string of the molecule is CCCC(NC(C)C(=O)O)C(=O)O. The molecule has 0 bridgehead atoms. The molecule has 0 saturated carbocycles. The molecule has 0 aromatic rings. The number of aliphatic carboxylic acids is 2. The molecule has 0 saturated heterocycles. The standard InChI is InChI=1S/C8H15NO4/c1-3-4-6(8(12)13)9-5(2)7(10)11/h5-6,9H,3-4H2,1-2H3,(H,10,11)(H,12,13). The van der Waals surface area contributed by atoms with E-state index in [2.05, 4.69) is 5.32 Å². The fourth-order valence-electron chi connectivity index (χ4n) is 0.940. The van der Waals surface area contributed by atoms with E-state index in [9.17, 15) is 9.59 Å². The Morgan fingerprint density at radius 3 is 2.15 bits per heavy atom.